The first-order chi connectivity index (χ1) is 14.4. The van der Waals surface area contributed by atoms with Gasteiger partial charge in [-0.3, -0.25) is 9.97 Å². The molecule has 3 aromatic rings. The maximum atomic E-state index is 12.8. The average Bonchev–Trinajstić information content (AvgIpc) is 3.44. The van der Waals surface area contributed by atoms with Crippen molar-refractivity contribution >= 4 is 34.7 Å². The summed E-state index contributed by atoms with van der Waals surface area (Å²) >= 11 is 2.91. The molecular formula is C19H17F3N6S2. The van der Waals surface area contributed by atoms with Gasteiger partial charge in [0.2, 0.25) is 0 Å². The minimum atomic E-state index is -4.55. The fourth-order valence-electron chi connectivity index (χ4n) is 2.40. The van der Waals surface area contributed by atoms with Crippen LogP contribution in [0, 0.1) is 0 Å². The van der Waals surface area contributed by atoms with Gasteiger partial charge in [-0.25, -0.2) is 9.97 Å². The Balaban J connectivity index is 1.38. The van der Waals surface area contributed by atoms with Crippen LogP contribution in [-0.4, -0.2) is 25.2 Å². The normalized spacial score (nSPS) is 13.8. The summed E-state index contributed by atoms with van der Waals surface area (Å²) in [6.45, 7) is 4.41. The summed E-state index contributed by atoms with van der Waals surface area (Å²) in [7, 11) is 0. The molecule has 1 aliphatic rings. The number of alkyl halides is 3. The first kappa shape index (κ1) is 20.6. The maximum Gasteiger partial charge on any atom is 0.434 e. The van der Waals surface area contributed by atoms with Crippen LogP contribution >= 0.6 is 23.3 Å². The summed E-state index contributed by atoms with van der Waals surface area (Å²) in [5, 5.41) is 4.41. The van der Waals surface area contributed by atoms with Crippen LogP contribution in [0.5, 0.6) is 0 Å². The summed E-state index contributed by atoms with van der Waals surface area (Å²) in [6.07, 6.45) is 3.14. The standard InChI is InChI=1S/C19H17F3N6S2/c1-11(25-7-13-6-12(4-5-24-13)28-30-14-2-3-14)18-26-9-16(29-18)15-8-23-10-17(27-15)19(20,21)22/h4-6,8-10,14,25H,1-3,7H2,(H,24,28). The van der Waals surface area contributed by atoms with Gasteiger partial charge in [-0.05, 0) is 36.9 Å². The molecule has 4 rings (SSSR count). The van der Waals surface area contributed by atoms with Gasteiger partial charge in [-0.1, -0.05) is 6.58 Å². The molecule has 1 aliphatic carbocycles. The summed E-state index contributed by atoms with van der Waals surface area (Å²) in [4.78, 5) is 16.3. The van der Waals surface area contributed by atoms with Crippen molar-refractivity contribution in [2.75, 3.05) is 4.72 Å². The van der Waals surface area contributed by atoms with E-state index in [0.29, 0.717) is 33.6 Å². The van der Waals surface area contributed by atoms with Crippen molar-refractivity contribution in [2.45, 2.75) is 30.8 Å². The van der Waals surface area contributed by atoms with Crippen molar-refractivity contribution in [1.82, 2.24) is 25.3 Å². The lowest BCUT2D eigenvalue weighted by Gasteiger charge is -2.09. The molecule has 0 amide bonds. The van der Waals surface area contributed by atoms with Crippen LogP contribution in [0.25, 0.3) is 16.3 Å². The summed E-state index contributed by atoms with van der Waals surface area (Å²) < 4.78 is 41.9. The first-order valence-corrected chi connectivity index (χ1v) is 10.7. The van der Waals surface area contributed by atoms with Gasteiger partial charge in [0.25, 0.3) is 0 Å². The fraction of sp³-hybridized carbons (Fsp3) is 0.263. The van der Waals surface area contributed by atoms with Crippen molar-refractivity contribution in [3.8, 4) is 10.6 Å². The molecule has 1 saturated carbocycles. The highest BCUT2D eigenvalue weighted by Crippen LogP contribution is 2.34. The quantitative estimate of drug-likeness (QED) is 0.468. The Kier molecular flexibility index (Phi) is 5.91. The van der Waals surface area contributed by atoms with Crippen LogP contribution in [-0.2, 0) is 12.7 Å². The van der Waals surface area contributed by atoms with E-state index in [1.807, 2.05) is 12.1 Å². The highest BCUT2D eigenvalue weighted by Gasteiger charge is 2.33. The molecule has 0 saturated heterocycles. The zero-order chi connectivity index (χ0) is 21.1. The SMILES string of the molecule is C=C(NCc1cc(NSC2CC2)ccn1)c1ncc(-c2cncc(C(F)(F)F)n2)s1. The Morgan fingerprint density at radius 1 is 1.23 bits per heavy atom. The van der Waals surface area contributed by atoms with E-state index in [4.69, 9.17) is 0 Å². The van der Waals surface area contributed by atoms with E-state index in [1.54, 1.807) is 18.1 Å². The van der Waals surface area contributed by atoms with Crippen molar-refractivity contribution < 1.29 is 13.2 Å². The second-order valence-electron chi connectivity index (χ2n) is 6.60. The summed E-state index contributed by atoms with van der Waals surface area (Å²) in [5.41, 5.74) is 1.46. The third kappa shape index (κ3) is 5.28. The molecule has 2 N–H and O–H groups in total. The highest BCUT2D eigenvalue weighted by molar-refractivity contribution is 8.01. The van der Waals surface area contributed by atoms with Gasteiger partial charge in [-0.15, -0.1) is 11.3 Å². The molecule has 1 fully saturated rings. The zero-order valence-electron chi connectivity index (χ0n) is 15.6. The Labute approximate surface area is 179 Å². The number of anilines is 1. The fourth-order valence-corrected chi connectivity index (χ4v) is 4.02. The van der Waals surface area contributed by atoms with Crippen LogP contribution in [0.1, 0.15) is 29.2 Å². The summed E-state index contributed by atoms with van der Waals surface area (Å²) in [6, 6.07) is 3.87. The number of thiazole rings is 1. The van der Waals surface area contributed by atoms with E-state index in [9.17, 15) is 13.2 Å². The van der Waals surface area contributed by atoms with Crippen LogP contribution in [0.4, 0.5) is 18.9 Å². The van der Waals surface area contributed by atoms with Crippen molar-refractivity contribution in [3.63, 3.8) is 0 Å². The Morgan fingerprint density at radius 3 is 2.83 bits per heavy atom. The number of aromatic nitrogens is 4. The number of halogens is 3. The molecule has 3 aromatic heterocycles. The Bertz CT molecular complexity index is 1050. The van der Waals surface area contributed by atoms with Crippen molar-refractivity contribution in [2.24, 2.45) is 0 Å². The van der Waals surface area contributed by atoms with Gasteiger partial charge < -0.3 is 10.0 Å². The number of nitrogens with one attached hydrogen (secondary N) is 2. The second-order valence-corrected chi connectivity index (χ2v) is 8.74. The maximum absolute atomic E-state index is 12.8. The molecule has 30 heavy (non-hydrogen) atoms. The molecule has 0 unspecified atom stereocenters. The largest absolute Gasteiger partial charge is 0.434 e. The zero-order valence-corrected chi connectivity index (χ0v) is 17.2. The second kappa shape index (κ2) is 8.60. The number of pyridine rings is 1. The predicted octanol–water partition coefficient (Wildman–Crippen LogP) is 5.00. The van der Waals surface area contributed by atoms with Crippen LogP contribution < -0.4 is 10.0 Å². The van der Waals surface area contributed by atoms with Crippen LogP contribution in [0.2, 0.25) is 0 Å². The monoisotopic (exact) mass is 450 g/mol. The number of nitrogens with zero attached hydrogens (tertiary/aromatic N) is 4. The molecule has 0 atom stereocenters. The highest BCUT2D eigenvalue weighted by atomic mass is 32.2. The van der Waals surface area contributed by atoms with E-state index >= 15 is 0 Å². The molecule has 3 heterocycles. The van der Waals surface area contributed by atoms with Gasteiger partial charge in [0, 0.05) is 23.3 Å². The molecule has 0 radical (unpaired) electrons. The number of hydrogen-bond acceptors (Lipinski definition) is 8. The van der Waals surface area contributed by atoms with Gasteiger partial charge in [0.15, 0.2) is 5.69 Å². The van der Waals surface area contributed by atoms with E-state index in [1.165, 1.54) is 36.6 Å². The van der Waals surface area contributed by atoms with Crippen LogP contribution in [0.3, 0.4) is 0 Å². The van der Waals surface area contributed by atoms with Gasteiger partial charge in [-0.2, -0.15) is 13.2 Å². The van der Waals surface area contributed by atoms with E-state index in [2.05, 4.69) is 36.6 Å². The first-order valence-electron chi connectivity index (χ1n) is 9.03. The molecule has 0 aromatic carbocycles. The topological polar surface area (TPSA) is 75.6 Å². The van der Waals surface area contributed by atoms with Crippen molar-refractivity contribution in [1.29, 1.82) is 0 Å². The molecule has 0 aliphatic heterocycles. The molecule has 156 valence electrons. The minimum Gasteiger partial charge on any atom is -0.377 e. The lowest BCUT2D eigenvalue weighted by Crippen LogP contribution is -2.12. The van der Waals surface area contributed by atoms with Gasteiger partial charge in [0.1, 0.15) is 10.7 Å². The molecule has 11 heteroatoms. The van der Waals surface area contributed by atoms with E-state index < -0.39 is 11.9 Å². The third-order valence-electron chi connectivity index (χ3n) is 4.11. The van der Waals surface area contributed by atoms with Crippen molar-refractivity contribution in [3.05, 3.63) is 59.9 Å². The van der Waals surface area contributed by atoms with Crippen LogP contribution in [0.15, 0.2) is 43.5 Å². The van der Waals surface area contributed by atoms with E-state index in [-0.39, 0.29) is 5.69 Å². The molecule has 0 spiro atoms. The summed E-state index contributed by atoms with van der Waals surface area (Å²) in [5.74, 6) is 0. The van der Waals surface area contributed by atoms with Gasteiger partial charge in [0.05, 0.1) is 35.2 Å². The average molecular weight is 451 g/mol. The lowest BCUT2D eigenvalue weighted by atomic mass is 10.3. The molecular weight excluding hydrogens is 433 g/mol. The Hall–Kier alpha value is -2.66. The smallest absolute Gasteiger partial charge is 0.377 e. The predicted molar refractivity (Wildman–Crippen MR) is 112 cm³/mol. The molecule has 6 nitrogen and oxygen atoms in total. The van der Waals surface area contributed by atoms with Gasteiger partial charge >= 0.3 is 6.18 Å². The van der Waals surface area contributed by atoms with E-state index in [0.717, 1.165) is 11.4 Å². The Morgan fingerprint density at radius 2 is 2.07 bits per heavy atom. The lowest BCUT2D eigenvalue weighted by molar-refractivity contribution is -0.141. The minimum absolute atomic E-state index is 0.120. The number of hydrogen-bond donors (Lipinski definition) is 2. The third-order valence-corrected chi connectivity index (χ3v) is 6.35. The molecule has 0 bridgehead atoms. The number of rotatable bonds is 8.